The Morgan fingerprint density at radius 3 is 2.37 bits per heavy atom. The highest BCUT2D eigenvalue weighted by molar-refractivity contribution is 7.89. The fraction of sp³-hybridized carbons (Fsp3) is 0.318. The molecule has 0 bridgehead atoms. The van der Waals surface area contributed by atoms with Gasteiger partial charge in [0, 0.05) is 39.8 Å². The maximum Gasteiger partial charge on any atom is 0.244 e. The Bertz CT molecular complexity index is 1220. The van der Waals surface area contributed by atoms with Crippen LogP contribution < -0.4 is 0 Å². The minimum Gasteiger partial charge on any atom is -0.383 e. The van der Waals surface area contributed by atoms with Gasteiger partial charge >= 0.3 is 0 Å². The van der Waals surface area contributed by atoms with Gasteiger partial charge in [-0.3, -0.25) is 4.98 Å². The van der Waals surface area contributed by atoms with E-state index in [0.717, 1.165) is 11.1 Å². The summed E-state index contributed by atoms with van der Waals surface area (Å²) >= 11 is 12.9. The molecule has 0 aliphatic rings. The largest absolute Gasteiger partial charge is 0.383 e. The number of para-hydroxylation sites is 1. The van der Waals surface area contributed by atoms with E-state index >= 15 is 0 Å². The van der Waals surface area contributed by atoms with Gasteiger partial charge in [-0.1, -0.05) is 47.5 Å². The van der Waals surface area contributed by atoms with Gasteiger partial charge in [-0.05, 0) is 45.9 Å². The number of hydrogen-bond acceptors (Lipinski definition) is 4. The molecule has 1 aromatic heterocycles. The number of sulfonamides is 1. The molecule has 2 aromatic carbocycles. The standard InChI is InChI=1S/C22H24Cl2N2O3S/c1-13-9-10-14-7-6-8-15(20(14)25-13)21(27)18-16(23)11-12-17(19(18)24)30(28,29)26(5)22(2,3)4/h6-12,21,27H,1-5H3. The van der Waals surface area contributed by atoms with Crippen LogP contribution in [0.4, 0.5) is 0 Å². The molecule has 1 unspecified atom stereocenters. The molecule has 0 aliphatic carbocycles. The number of aliphatic hydroxyl groups excluding tert-OH is 1. The molecule has 3 rings (SSSR count). The number of benzene rings is 2. The maximum absolute atomic E-state index is 13.2. The predicted molar refractivity (Wildman–Crippen MR) is 122 cm³/mol. The molecule has 0 fully saturated rings. The second kappa shape index (κ2) is 8.09. The first kappa shape index (κ1) is 23.0. The van der Waals surface area contributed by atoms with Crippen molar-refractivity contribution in [1.29, 1.82) is 0 Å². The quantitative estimate of drug-likeness (QED) is 0.562. The van der Waals surface area contributed by atoms with E-state index in [4.69, 9.17) is 23.2 Å². The average molecular weight is 467 g/mol. The molecule has 0 spiro atoms. The molecular weight excluding hydrogens is 443 g/mol. The minimum absolute atomic E-state index is 0.101. The number of hydrogen-bond donors (Lipinski definition) is 1. The van der Waals surface area contributed by atoms with Gasteiger partial charge in [-0.15, -0.1) is 0 Å². The van der Waals surface area contributed by atoms with Crippen LogP contribution in [0.1, 0.15) is 43.7 Å². The fourth-order valence-corrected chi connectivity index (χ4v) is 5.61. The number of nitrogens with zero attached hydrogens (tertiary/aromatic N) is 2. The molecular formula is C22H24Cl2N2O3S. The third kappa shape index (κ3) is 4.07. The number of aryl methyl sites for hydroxylation is 1. The summed E-state index contributed by atoms with van der Waals surface area (Å²) in [5.41, 5.74) is 1.38. The van der Waals surface area contributed by atoms with Crippen LogP contribution >= 0.6 is 23.2 Å². The number of halogens is 2. The first-order valence-electron chi connectivity index (χ1n) is 9.37. The second-order valence-corrected chi connectivity index (χ2v) is 10.9. The zero-order valence-corrected chi connectivity index (χ0v) is 19.8. The summed E-state index contributed by atoms with van der Waals surface area (Å²) in [6, 6.07) is 12.0. The Balaban J connectivity index is 2.21. The molecule has 5 nitrogen and oxygen atoms in total. The van der Waals surface area contributed by atoms with Gasteiger partial charge in [0.05, 0.1) is 10.5 Å². The Hall–Kier alpha value is -1.70. The van der Waals surface area contributed by atoms with Crippen molar-refractivity contribution < 1.29 is 13.5 Å². The highest BCUT2D eigenvalue weighted by Crippen LogP contribution is 2.40. The van der Waals surface area contributed by atoms with Crippen LogP contribution in [-0.4, -0.2) is 35.4 Å². The monoisotopic (exact) mass is 466 g/mol. The van der Waals surface area contributed by atoms with Gasteiger partial charge in [0.2, 0.25) is 10.0 Å². The van der Waals surface area contributed by atoms with E-state index in [9.17, 15) is 13.5 Å². The highest BCUT2D eigenvalue weighted by atomic mass is 35.5. The van der Waals surface area contributed by atoms with Crippen molar-refractivity contribution in [2.75, 3.05) is 7.05 Å². The van der Waals surface area contributed by atoms with Crippen molar-refractivity contribution in [2.45, 2.75) is 44.2 Å². The molecule has 3 aromatic rings. The van der Waals surface area contributed by atoms with Crippen LogP contribution in [0.2, 0.25) is 10.0 Å². The molecule has 0 saturated carbocycles. The lowest BCUT2D eigenvalue weighted by molar-refractivity contribution is 0.221. The molecule has 0 saturated heterocycles. The topological polar surface area (TPSA) is 70.5 Å². The molecule has 1 N–H and O–H groups in total. The van der Waals surface area contributed by atoms with E-state index in [1.54, 1.807) is 32.9 Å². The molecule has 0 amide bonds. The summed E-state index contributed by atoms with van der Waals surface area (Å²) in [4.78, 5) is 4.43. The lowest BCUT2D eigenvalue weighted by Gasteiger charge is -2.31. The van der Waals surface area contributed by atoms with Gasteiger partial charge in [0.1, 0.15) is 11.0 Å². The third-order valence-corrected chi connectivity index (χ3v) is 8.15. The number of fused-ring (bicyclic) bond motifs is 1. The molecule has 1 atom stereocenters. The molecule has 8 heteroatoms. The summed E-state index contributed by atoms with van der Waals surface area (Å²) in [7, 11) is -2.42. The summed E-state index contributed by atoms with van der Waals surface area (Å²) < 4.78 is 27.6. The summed E-state index contributed by atoms with van der Waals surface area (Å²) in [5, 5.41) is 12.1. The summed E-state index contributed by atoms with van der Waals surface area (Å²) in [6.45, 7) is 7.22. The van der Waals surface area contributed by atoms with E-state index in [-0.39, 0.29) is 20.5 Å². The summed E-state index contributed by atoms with van der Waals surface area (Å²) in [6.07, 6.45) is -1.25. The van der Waals surface area contributed by atoms with Crippen molar-refractivity contribution >= 4 is 44.1 Å². The lowest BCUT2D eigenvalue weighted by atomic mass is 9.98. The van der Waals surface area contributed by atoms with Gasteiger partial charge < -0.3 is 5.11 Å². The van der Waals surface area contributed by atoms with Crippen LogP contribution in [0.5, 0.6) is 0 Å². The lowest BCUT2D eigenvalue weighted by Crippen LogP contribution is -2.42. The number of aromatic nitrogens is 1. The van der Waals surface area contributed by atoms with Gasteiger partial charge in [0.15, 0.2) is 0 Å². The van der Waals surface area contributed by atoms with Crippen LogP contribution in [0.15, 0.2) is 47.4 Å². The Morgan fingerprint density at radius 1 is 1.07 bits per heavy atom. The Morgan fingerprint density at radius 2 is 1.73 bits per heavy atom. The zero-order chi connectivity index (χ0) is 22.4. The van der Waals surface area contributed by atoms with Crippen molar-refractivity contribution in [3.05, 3.63) is 69.3 Å². The van der Waals surface area contributed by atoms with Crippen LogP contribution in [-0.2, 0) is 10.0 Å². The van der Waals surface area contributed by atoms with Crippen molar-refractivity contribution in [2.24, 2.45) is 0 Å². The van der Waals surface area contributed by atoms with Crippen molar-refractivity contribution in [3.63, 3.8) is 0 Å². The van der Waals surface area contributed by atoms with E-state index in [0.29, 0.717) is 11.1 Å². The third-order valence-electron chi connectivity index (χ3n) is 5.13. The smallest absolute Gasteiger partial charge is 0.244 e. The van der Waals surface area contributed by atoms with Crippen LogP contribution in [0.3, 0.4) is 0 Å². The van der Waals surface area contributed by atoms with E-state index in [1.165, 1.54) is 23.5 Å². The SMILES string of the molecule is Cc1ccc2cccc(C(O)c3c(Cl)ccc(S(=O)(=O)N(C)C(C)(C)C)c3Cl)c2n1. The van der Waals surface area contributed by atoms with E-state index in [2.05, 4.69) is 4.98 Å². The van der Waals surface area contributed by atoms with Crippen LogP contribution in [0.25, 0.3) is 10.9 Å². The second-order valence-electron chi connectivity index (χ2n) is 8.19. The van der Waals surface area contributed by atoms with Crippen molar-refractivity contribution in [1.82, 2.24) is 9.29 Å². The first-order valence-corrected chi connectivity index (χ1v) is 11.6. The molecule has 160 valence electrons. The molecule has 30 heavy (non-hydrogen) atoms. The predicted octanol–water partition coefficient (Wildman–Crippen LogP) is 5.35. The van der Waals surface area contributed by atoms with E-state index in [1.807, 2.05) is 25.1 Å². The summed E-state index contributed by atoms with van der Waals surface area (Å²) in [5.74, 6) is 0. The van der Waals surface area contributed by atoms with Gasteiger partial charge in [-0.2, -0.15) is 4.31 Å². The van der Waals surface area contributed by atoms with E-state index < -0.39 is 21.7 Å². The molecule has 0 aliphatic heterocycles. The minimum atomic E-state index is -3.92. The number of aliphatic hydroxyl groups is 1. The van der Waals surface area contributed by atoms with Crippen LogP contribution in [0, 0.1) is 6.92 Å². The highest BCUT2D eigenvalue weighted by Gasteiger charge is 2.34. The maximum atomic E-state index is 13.2. The fourth-order valence-electron chi connectivity index (χ4n) is 3.15. The Kier molecular flexibility index (Phi) is 6.20. The Labute approximate surface area is 187 Å². The normalized spacial score (nSPS) is 13.8. The number of rotatable bonds is 4. The first-order chi connectivity index (χ1) is 13.9. The van der Waals surface area contributed by atoms with Gasteiger partial charge in [-0.25, -0.2) is 8.42 Å². The zero-order valence-electron chi connectivity index (χ0n) is 17.4. The molecule has 1 heterocycles. The molecule has 0 radical (unpaired) electrons. The average Bonchev–Trinajstić information content (AvgIpc) is 2.65. The van der Waals surface area contributed by atoms with Crippen molar-refractivity contribution in [3.8, 4) is 0 Å². The van der Waals surface area contributed by atoms with Gasteiger partial charge in [0.25, 0.3) is 0 Å². The number of pyridine rings is 1.